The van der Waals surface area contributed by atoms with Gasteiger partial charge in [-0.1, -0.05) is 24.6 Å². The second-order valence-electron chi connectivity index (χ2n) is 8.66. The van der Waals surface area contributed by atoms with Crippen molar-refractivity contribution >= 4 is 59.1 Å². The van der Waals surface area contributed by atoms with Gasteiger partial charge in [0.25, 0.3) is 5.91 Å². The normalized spacial score (nSPS) is 15.7. The summed E-state index contributed by atoms with van der Waals surface area (Å²) in [5.41, 5.74) is 4.13. The van der Waals surface area contributed by atoms with E-state index in [9.17, 15) is 9.59 Å². The molecule has 10 heteroatoms. The van der Waals surface area contributed by atoms with Crippen LogP contribution in [-0.4, -0.2) is 64.1 Å². The number of hydrogen-bond donors (Lipinski definition) is 0. The van der Waals surface area contributed by atoms with Crippen LogP contribution in [0.5, 0.6) is 0 Å². The number of benzene rings is 2. The molecule has 0 bridgehead atoms. The molecule has 0 spiro atoms. The number of rotatable bonds is 4. The summed E-state index contributed by atoms with van der Waals surface area (Å²) in [5, 5.41) is 1.32. The summed E-state index contributed by atoms with van der Waals surface area (Å²) in [4.78, 5) is 38.0. The van der Waals surface area contributed by atoms with Crippen LogP contribution in [0.15, 0.2) is 53.3 Å². The molecule has 3 heterocycles. The van der Waals surface area contributed by atoms with E-state index in [1.165, 1.54) is 6.39 Å². The van der Waals surface area contributed by atoms with Crippen LogP contribution in [0.2, 0.25) is 5.02 Å². The number of fused-ring (bicyclic) bond motifs is 2. The fraction of sp³-hybridized carbons (Fsp3) is 0.308. The number of amides is 2. The first-order valence-corrected chi connectivity index (χ1v) is 12.0. The Balaban J connectivity index is 0.00000304. The lowest BCUT2D eigenvalue weighted by Crippen LogP contribution is -2.55. The van der Waals surface area contributed by atoms with Crippen LogP contribution >= 0.6 is 25.1 Å². The number of oxazole rings is 1. The van der Waals surface area contributed by atoms with E-state index in [-0.39, 0.29) is 31.5 Å². The van der Waals surface area contributed by atoms with Crippen molar-refractivity contribution in [2.24, 2.45) is 0 Å². The lowest BCUT2D eigenvalue weighted by Gasteiger charge is -2.39. The molecule has 1 aliphatic heterocycles. The molecule has 4 aromatic rings. The van der Waals surface area contributed by atoms with Crippen LogP contribution in [-0.2, 0) is 4.74 Å². The topological polar surface area (TPSA) is 88.8 Å². The molecule has 1 atom stereocenters. The molecule has 2 amide bonds. The zero-order valence-corrected chi connectivity index (χ0v) is 21.8. The summed E-state index contributed by atoms with van der Waals surface area (Å²) in [6, 6.07) is 12.7. The summed E-state index contributed by atoms with van der Waals surface area (Å²) in [6.45, 7) is 5.59. The molecule has 36 heavy (non-hydrogen) atoms. The quantitative estimate of drug-likeness (QED) is 0.349. The van der Waals surface area contributed by atoms with Gasteiger partial charge >= 0.3 is 6.09 Å². The Bertz CT molecular complexity index is 1430. The number of nitrogens with zero attached hydrogens (tertiary/aromatic N) is 4. The molecule has 188 valence electrons. The molecule has 2 aromatic heterocycles. The van der Waals surface area contributed by atoms with Crippen molar-refractivity contribution in [3.05, 3.63) is 59.4 Å². The average molecular weight is 527 g/mol. The molecule has 0 aliphatic carbocycles. The van der Waals surface area contributed by atoms with Crippen molar-refractivity contribution in [1.29, 1.82) is 0 Å². The molecule has 1 saturated heterocycles. The Hall–Kier alpha value is -3.30. The molecule has 1 fully saturated rings. The Morgan fingerprint density at radius 2 is 1.97 bits per heavy atom. The van der Waals surface area contributed by atoms with Crippen LogP contribution in [0.4, 0.5) is 4.79 Å². The van der Waals surface area contributed by atoms with E-state index in [1.807, 2.05) is 44.2 Å². The van der Waals surface area contributed by atoms with Crippen LogP contribution in [0.3, 0.4) is 0 Å². The number of halogens is 1. The van der Waals surface area contributed by atoms with E-state index >= 15 is 0 Å². The minimum Gasteiger partial charge on any atom is -0.449 e. The van der Waals surface area contributed by atoms with Gasteiger partial charge in [-0.05, 0) is 49.7 Å². The van der Waals surface area contributed by atoms with Crippen molar-refractivity contribution in [3.8, 4) is 11.3 Å². The Morgan fingerprint density at radius 3 is 2.75 bits per heavy atom. The van der Waals surface area contributed by atoms with Gasteiger partial charge in [0.2, 0.25) is 0 Å². The van der Waals surface area contributed by atoms with E-state index < -0.39 is 0 Å². The molecular weight excluding hydrogens is 500 g/mol. The number of ether oxygens (including phenoxy) is 1. The molecular formula is C26H27ClN4O4S. The van der Waals surface area contributed by atoms with Crippen molar-refractivity contribution < 1.29 is 18.7 Å². The maximum atomic E-state index is 13.4. The minimum absolute atomic E-state index is 0. The summed E-state index contributed by atoms with van der Waals surface area (Å²) in [7, 11) is 0. The van der Waals surface area contributed by atoms with Crippen molar-refractivity contribution in [2.45, 2.75) is 26.3 Å². The highest BCUT2D eigenvalue weighted by Crippen LogP contribution is 2.30. The number of pyridine rings is 1. The molecule has 0 radical (unpaired) electrons. The minimum atomic E-state index is -0.327. The van der Waals surface area contributed by atoms with E-state index in [1.54, 1.807) is 21.9 Å². The van der Waals surface area contributed by atoms with Gasteiger partial charge in [-0.3, -0.25) is 4.79 Å². The molecule has 1 aliphatic rings. The smallest absolute Gasteiger partial charge is 0.409 e. The molecule has 2 aromatic carbocycles. The van der Waals surface area contributed by atoms with Gasteiger partial charge in [-0.15, -0.1) is 0 Å². The molecule has 0 N–H and O–H groups in total. The zero-order chi connectivity index (χ0) is 24.5. The van der Waals surface area contributed by atoms with Gasteiger partial charge in [-0.25, -0.2) is 14.8 Å². The largest absolute Gasteiger partial charge is 0.449 e. The summed E-state index contributed by atoms with van der Waals surface area (Å²) in [6.07, 6.45) is 1.85. The fourth-order valence-electron chi connectivity index (χ4n) is 4.36. The number of aromatic nitrogens is 2. The fourth-order valence-corrected chi connectivity index (χ4v) is 4.62. The maximum absolute atomic E-state index is 13.4. The first-order chi connectivity index (χ1) is 16.9. The SMILES string of the molecule is CCCOC(=O)N1CCN(C(=O)c2ccc3c(Cl)cc(-c4ccc5ocnc5c4)nc3c2)[C@@H](C)C1.S. The van der Waals surface area contributed by atoms with Gasteiger partial charge in [0.1, 0.15) is 5.52 Å². The first-order valence-electron chi connectivity index (χ1n) is 11.6. The Labute approximate surface area is 220 Å². The summed E-state index contributed by atoms with van der Waals surface area (Å²) < 4.78 is 10.6. The number of hydrogen-bond acceptors (Lipinski definition) is 6. The van der Waals surface area contributed by atoms with Crippen molar-refractivity contribution in [2.75, 3.05) is 26.2 Å². The number of piperazine rings is 1. The van der Waals surface area contributed by atoms with Gasteiger partial charge in [-0.2, -0.15) is 13.5 Å². The van der Waals surface area contributed by atoms with E-state index in [4.69, 9.17) is 25.7 Å². The summed E-state index contributed by atoms with van der Waals surface area (Å²) in [5.74, 6) is -0.103. The third-order valence-electron chi connectivity index (χ3n) is 6.21. The monoisotopic (exact) mass is 526 g/mol. The second kappa shape index (κ2) is 10.8. The molecule has 8 nitrogen and oxygen atoms in total. The highest BCUT2D eigenvalue weighted by Gasteiger charge is 2.31. The van der Waals surface area contributed by atoms with Gasteiger partial charge in [0, 0.05) is 42.2 Å². The first kappa shape index (κ1) is 25.8. The third-order valence-corrected chi connectivity index (χ3v) is 6.52. The van der Waals surface area contributed by atoms with Crippen molar-refractivity contribution in [3.63, 3.8) is 0 Å². The van der Waals surface area contributed by atoms with Crippen LogP contribution in [0, 0.1) is 0 Å². The number of carbonyl (C=O) groups is 2. The van der Waals surface area contributed by atoms with Crippen molar-refractivity contribution in [1.82, 2.24) is 19.8 Å². The van der Waals surface area contributed by atoms with E-state index in [0.29, 0.717) is 53.6 Å². The molecule has 5 rings (SSSR count). The highest BCUT2D eigenvalue weighted by molar-refractivity contribution is 7.59. The maximum Gasteiger partial charge on any atom is 0.409 e. The second-order valence-corrected chi connectivity index (χ2v) is 9.07. The Morgan fingerprint density at radius 1 is 1.14 bits per heavy atom. The standard InChI is InChI=1S/C26H25ClN4O4.H2S/c1-3-10-34-26(33)30-8-9-31(16(2)14-30)25(32)18-4-6-19-20(27)13-21(29-22(19)12-18)17-5-7-24-23(11-17)28-15-35-24;/h4-7,11-13,15-16H,3,8-10,14H2,1-2H3;1H2/t16-;/m0./s1. The highest BCUT2D eigenvalue weighted by atomic mass is 35.5. The summed E-state index contributed by atoms with van der Waals surface area (Å²) >= 11 is 6.58. The van der Waals surface area contributed by atoms with Gasteiger partial charge in [0.05, 0.1) is 22.8 Å². The molecule has 0 saturated carbocycles. The lowest BCUT2D eigenvalue weighted by atomic mass is 10.1. The molecule has 0 unspecified atom stereocenters. The van der Waals surface area contributed by atoms with E-state index in [0.717, 1.165) is 22.9 Å². The Kier molecular flexibility index (Phi) is 7.70. The lowest BCUT2D eigenvalue weighted by molar-refractivity contribution is 0.0414. The predicted octanol–water partition coefficient (Wildman–Crippen LogP) is 5.50. The predicted molar refractivity (Wildman–Crippen MR) is 144 cm³/mol. The average Bonchev–Trinajstić information content (AvgIpc) is 3.34. The van der Waals surface area contributed by atoms with Gasteiger partial charge in [0.15, 0.2) is 12.0 Å². The van der Waals surface area contributed by atoms with Crippen LogP contribution in [0.1, 0.15) is 30.6 Å². The van der Waals surface area contributed by atoms with Gasteiger partial charge < -0.3 is 19.0 Å². The zero-order valence-electron chi connectivity index (χ0n) is 20.0. The van der Waals surface area contributed by atoms with E-state index in [2.05, 4.69) is 4.98 Å². The van der Waals surface area contributed by atoms with Crippen LogP contribution in [0.25, 0.3) is 33.3 Å². The van der Waals surface area contributed by atoms with Crippen LogP contribution < -0.4 is 0 Å². The third kappa shape index (κ3) is 4.99. The number of carbonyl (C=O) groups excluding carboxylic acids is 2.